The molecule has 0 saturated carbocycles. The van der Waals surface area contributed by atoms with Gasteiger partial charge in [0.2, 0.25) is 0 Å². The van der Waals surface area contributed by atoms with E-state index in [1.807, 2.05) is 0 Å². The summed E-state index contributed by atoms with van der Waals surface area (Å²) in [6.45, 7) is 8.27. The van der Waals surface area contributed by atoms with Crippen LogP contribution in [0.2, 0.25) is 0 Å². The normalized spacial score (nSPS) is 13.6. The second-order valence-electron chi connectivity index (χ2n) is 14.2. The van der Waals surface area contributed by atoms with Gasteiger partial charge in [-0.1, -0.05) is 197 Å². The molecule has 0 saturated heterocycles. The van der Waals surface area contributed by atoms with Crippen LogP contribution in [-0.4, -0.2) is 4.98 Å². The Morgan fingerprint density at radius 1 is 0.578 bits per heavy atom. The quantitative estimate of drug-likeness (QED) is 0.0652. The number of nitrogens with one attached hydrogen (secondary N) is 1. The molecule has 250 valence electrons. The summed E-state index contributed by atoms with van der Waals surface area (Å²) in [5.74, 6) is 1.86. The minimum Gasteiger partial charge on any atom is -0.247 e. The molecule has 0 radical (unpaired) electrons. The van der Waals surface area contributed by atoms with Gasteiger partial charge >= 0.3 is 0 Å². The van der Waals surface area contributed by atoms with Gasteiger partial charge in [0, 0.05) is 5.41 Å². The van der Waals surface area contributed by atoms with Gasteiger partial charge in [-0.15, -0.1) is 0 Å². The molecule has 0 aliphatic rings. The number of nitrogens with zero attached hydrogens (tertiary/aromatic N) is 1. The van der Waals surface area contributed by atoms with Gasteiger partial charge in [-0.3, -0.25) is 0 Å². The van der Waals surface area contributed by atoms with Crippen LogP contribution in [0.3, 0.4) is 0 Å². The van der Waals surface area contributed by atoms with E-state index in [2.05, 4.69) is 103 Å². The molecular weight excluding hydrogens is 544 g/mol. The van der Waals surface area contributed by atoms with Crippen molar-refractivity contribution in [3.8, 4) is 0 Å². The topological polar surface area (TPSA) is 19.7 Å². The van der Waals surface area contributed by atoms with Crippen molar-refractivity contribution in [2.24, 2.45) is 0 Å². The number of benzene rings is 2. The molecule has 0 aliphatic carbocycles. The number of hydrogen-bond donors (Lipinski definition) is 1. The summed E-state index contributed by atoms with van der Waals surface area (Å²) in [7, 11) is 0. The average Bonchev–Trinajstić information content (AvgIpc) is 3.53. The van der Waals surface area contributed by atoms with Gasteiger partial charge in [0.15, 0.2) is 0 Å². The Labute approximate surface area is 278 Å². The predicted octanol–water partition coefficient (Wildman–Crippen LogP) is 12.8. The largest absolute Gasteiger partial charge is 0.258 e. The zero-order chi connectivity index (χ0) is 31.8. The first kappa shape index (κ1) is 37.1. The minimum atomic E-state index is 0.0111. The van der Waals surface area contributed by atoms with Crippen LogP contribution >= 0.6 is 0 Å². The van der Waals surface area contributed by atoms with Crippen molar-refractivity contribution in [3.05, 3.63) is 90.0 Å². The summed E-state index contributed by atoms with van der Waals surface area (Å²) in [6.07, 6.45) is 34.8. The van der Waals surface area contributed by atoms with Gasteiger partial charge in [-0.2, -0.15) is 0 Å². The molecule has 3 aromatic rings. The summed E-state index contributed by atoms with van der Waals surface area (Å²) >= 11 is 0. The maximum Gasteiger partial charge on any atom is 0.258 e. The molecule has 2 aromatic carbocycles. The Balaban J connectivity index is 1.44. The van der Waals surface area contributed by atoms with Crippen LogP contribution < -0.4 is 4.57 Å². The molecule has 45 heavy (non-hydrogen) atoms. The SMILES string of the molecule is CCCCCCCCCCCCCCCCCCC[n+]1cc[nH]c1C(CCCCC)C(C)(Cc1ccccc1)c1ccccc1. The van der Waals surface area contributed by atoms with Crippen LogP contribution in [0.1, 0.15) is 178 Å². The highest BCUT2D eigenvalue weighted by atomic mass is 15.1. The highest BCUT2D eigenvalue weighted by Gasteiger charge is 2.41. The first-order chi connectivity index (χ1) is 22.2. The van der Waals surface area contributed by atoms with E-state index in [0.29, 0.717) is 5.92 Å². The number of aromatic amines is 1. The van der Waals surface area contributed by atoms with E-state index < -0.39 is 0 Å². The summed E-state index contributed by atoms with van der Waals surface area (Å²) in [5, 5.41) is 0. The maximum atomic E-state index is 3.76. The molecule has 1 N–H and O–H groups in total. The average molecular weight is 614 g/mol. The van der Waals surface area contributed by atoms with E-state index >= 15 is 0 Å². The van der Waals surface area contributed by atoms with Crippen LogP contribution in [-0.2, 0) is 18.4 Å². The van der Waals surface area contributed by atoms with Crippen molar-refractivity contribution in [1.82, 2.24) is 4.98 Å². The number of aryl methyl sites for hydroxylation is 1. The fraction of sp³-hybridized carbons (Fsp3) is 0.651. The third-order valence-corrected chi connectivity index (χ3v) is 10.3. The Bertz CT molecular complexity index is 1090. The van der Waals surface area contributed by atoms with Crippen molar-refractivity contribution >= 4 is 0 Å². The summed E-state index contributed by atoms with van der Waals surface area (Å²) < 4.78 is 2.56. The monoisotopic (exact) mass is 614 g/mol. The molecule has 0 spiro atoms. The first-order valence-electron chi connectivity index (χ1n) is 19.3. The second kappa shape index (κ2) is 23.0. The van der Waals surface area contributed by atoms with Crippen molar-refractivity contribution in [2.45, 2.75) is 180 Å². The molecule has 2 heteroatoms. The number of aromatic nitrogens is 2. The fourth-order valence-corrected chi connectivity index (χ4v) is 7.50. The molecular formula is C43H69N2+. The number of H-pyrrole nitrogens is 1. The van der Waals surface area contributed by atoms with Crippen LogP contribution in [0, 0.1) is 0 Å². The van der Waals surface area contributed by atoms with Crippen molar-refractivity contribution in [2.75, 3.05) is 0 Å². The van der Waals surface area contributed by atoms with Gasteiger partial charge in [0.05, 0.1) is 12.5 Å². The van der Waals surface area contributed by atoms with E-state index in [-0.39, 0.29) is 5.41 Å². The lowest BCUT2D eigenvalue weighted by molar-refractivity contribution is -0.705. The number of hydrogen-bond acceptors (Lipinski definition) is 0. The Morgan fingerprint density at radius 3 is 1.58 bits per heavy atom. The van der Waals surface area contributed by atoms with Gasteiger partial charge < -0.3 is 0 Å². The number of unbranched alkanes of at least 4 members (excludes halogenated alkanes) is 18. The first-order valence-corrected chi connectivity index (χ1v) is 19.3. The van der Waals surface area contributed by atoms with Crippen molar-refractivity contribution in [3.63, 3.8) is 0 Å². The lowest BCUT2D eigenvalue weighted by atomic mass is 9.66. The van der Waals surface area contributed by atoms with Crippen LogP contribution in [0.15, 0.2) is 73.1 Å². The van der Waals surface area contributed by atoms with Crippen LogP contribution in [0.4, 0.5) is 0 Å². The minimum absolute atomic E-state index is 0.0111. The maximum absolute atomic E-state index is 3.76. The van der Waals surface area contributed by atoms with Crippen LogP contribution in [0.25, 0.3) is 0 Å². The standard InChI is InChI=1S/C43H68N2/c1-4-6-8-9-10-11-12-13-14-15-16-17-18-19-20-21-29-36-45-37-35-44-42(45)41(34-24-7-5-2)43(3,40-32-27-23-28-33-40)38-39-30-25-22-26-31-39/h22-23,25-28,30-33,35,37,41H,4-21,24,29,34,36,38H2,1-3H3/p+1. The van der Waals surface area contributed by atoms with E-state index in [9.17, 15) is 0 Å². The highest BCUT2D eigenvalue weighted by Crippen LogP contribution is 2.43. The van der Waals surface area contributed by atoms with Crippen molar-refractivity contribution in [1.29, 1.82) is 0 Å². The molecule has 1 heterocycles. The Hall–Kier alpha value is -2.35. The number of rotatable bonds is 27. The van der Waals surface area contributed by atoms with Gasteiger partial charge in [0.1, 0.15) is 12.4 Å². The zero-order valence-electron chi connectivity index (χ0n) is 29.7. The smallest absolute Gasteiger partial charge is 0.247 e. The lowest BCUT2D eigenvalue weighted by Crippen LogP contribution is -2.43. The molecule has 2 unspecified atom stereocenters. The van der Waals surface area contributed by atoms with E-state index in [1.54, 1.807) is 0 Å². The molecule has 3 rings (SSSR count). The molecule has 0 fully saturated rings. The molecule has 2 nitrogen and oxygen atoms in total. The zero-order valence-corrected chi connectivity index (χ0v) is 29.7. The highest BCUT2D eigenvalue weighted by molar-refractivity contribution is 5.32. The summed E-state index contributed by atoms with van der Waals surface area (Å²) in [6, 6.07) is 22.5. The van der Waals surface area contributed by atoms with Gasteiger partial charge in [0.25, 0.3) is 5.82 Å². The Kier molecular flexibility index (Phi) is 19.0. The second-order valence-corrected chi connectivity index (χ2v) is 14.2. The molecule has 0 aliphatic heterocycles. The summed E-state index contributed by atoms with van der Waals surface area (Å²) in [5.41, 5.74) is 2.89. The van der Waals surface area contributed by atoms with E-state index in [1.165, 1.54) is 152 Å². The predicted molar refractivity (Wildman–Crippen MR) is 196 cm³/mol. The van der Waals surface area contributed by atoms with E-state index in [0.717, 1.165) is 13.0 Å². The lowest BCUT2D eigenvalue weighted by Gasteiger charge is -2.37. The Morgan fingerprint density at radius 2 is 1.04 bits per heavy atom. The van der Waals surface area contributed by atoms with Gasteiger partial charge in [-0.25, -0.2) is 9.55 Å². The molecule has 0 bridgehead atoms. The van der Waals surface area contributed by atoms with Gasteiger partial charge in [-0.05, 0) is 36.8 Å². The molecule has 1 aromatic heterocycles. The summed E-state index contributed by atoms with van der Waals surface area (Å²) in [4.78, 5) is 3.76. The third kappa shape index (κ3) is 13.9. The fourth-order valence-electron chi connectivity index (χ4n) is 7.50. The number of imidazole rings is 1. The molecule has 2 atom stereocenters. The van der Waals surface area contributed by atoms with E-state index in [4.69, 9.17) is 0 Å². The molecule has 0 amide bonds. The van der Waals surface area contributed by atoms with Crippen LogP contribution in [0.5, 0.6) is 0 Å². The third-order valence-electron chi connectivity index (χ3n) is 10.3. The van der Waals surface area contributed by atoms with Crippen molar-refractivity contribution < 1.29 is 4.57 Å².